The van der Waals surface area contributed by atoms with Crippen molar-refractivity contribution in [2.75, 3.05) is 7.11 Å². The van der Waals surface area contributed by atoms with Gasteiger partial charge in [-0.3, -0.25) is 4.98 Å². The fraction of sp³-hybridized carbons (Fsp3) is 0.214. The Hall–Kier alpha value is -1.39. The van der Waals surface area contributed by atoms with Crippen molar-refractivity contribution in [2.24, 2.45) is 5.73 Å². The maximum atomic E-state index is 6.18. The molecule has 0 aliphatic rings. The van der Waals surface area contributed by atoms with Gasteiger partial charge in [0.25, 0.3) is 0 Å². The number of hydrogen-bond acceptors (Lipinski definition) is 3. The molecule has 1 unspecified atom stereocenters. The normalized spacial score (nSPS) is 12.2. The van der Waals surface area contributed by atoms with Gasteiger partial charge in [-0.05, 0) is 35.7 Å². The van der Waals surface area contributed by atoms with E-state index in [4.69, 9.17) is 10.5 Å². The van der Waals surface area contributed by atoms with Crippen LogP contribution in [0.1, 0.15) is 17.2 Å². The van der Waals surface area contributed by atoms with Gasteiger partial charge in [0.15, 0.2) is 0 Å². The van der Waals surface area contributed by atoms with Crippen LogP contribution in [0.5, 0.6) is 5.75 Å². The molecule has 1 aromatic heterocycles. The van der Waals surface area contributed by atoms with Crippen molar-refractivity contribution in [1.29, 1.82) is 0 Å². The van der Waals surface area contributed by atoms with E-state index in [2.05, 4.69) is 33.0 Å². The van der Waals surface area contributed by atoms with E-state index < -0.39 is 0 Å². The van der Waals surface area contributed by atoms with Crippen LogP contribution in [-0.2, 0) is 6.42 Å². The standard InChI is InChI=1S/C14H15BrN2O/c1-18-13-7-11(8-17-9-13)14(16)6-10-2-4-12(15)5-3-10/h2-5,7-9,14H,6,16H2,1H3. The molecule has 4 heteroatoms. The summed E-state index contributed by atoms with van der Waals surface area (Å²) in [6.45, 7) is 0. The van der Waals surface area contributed by atoms with E-state index in [1.54, 1.807) is 19.5 Å². The monoisotopic (exact) mass is 306 g/mol. The second-order valence-corrected chi connectivity index (χ2v) is 5.01. The maximum absolute atomic E-state index is 6.18. The largest absolute Gasteiger partial charge is 0.495 e. The molecule has 0 bridgehead atoms. The van der Waals surface area contributed by atoms with Gasteiger partial charge < -0.3 is 10.5 Å². The second kappa shape index (κ2) is 5.98. The predicted octanol–water partition coefficient (Wildman–Crippen LogP) is 3.10. The van der Waals surface area contributed by atoms with Gasteiger partial charge in [-0.2, -0.15) is 0 Å². The Labute approximate surface area is 115 Å². The van der Waals surface area contributed by atoms with E-state index in [1.807, 2.05) is 18.2 Å². The van der Waals surface area contributed by atoms with E-state index in [-0.39, 0.29) is 6.04 Å². The van der Waals surface area contributed by atoms with Crippen molar-refractivity contribution in [1.82, 2.24) is 4.98 Å². The predicted molar refractivity (Wildman–Crippen MR) is 75.6 cm³/mol. The Morgan fingerprint density at radius 2 is 2.00 bits per heavy atom. The number of pyridine rings is 1. The molecule has 2 aromatic rings. The first kappa shape index (κ1) is 13.1. The molecule has 1 atom stereocenters. The summed E-state index contributed by atoms with van der Waals surface area (Å²) in [5.74, 6) is 0.735. The maximum Gasteiger partial charge on any atom is 0.137 e. The molecule has 0 aliphatic heterocycles. The van der Waals surface area contributed by atoms with Gasteiger partial charge in [0.2, 0.25) is 0 Å². The lowest BCUT2D eigenvalue weighted by Crippen LogP contribution is -2.13. The van der Waals surface area contributed by atoms with Gasteiger partial charge in [-0.15, -0.1) is 0 Å². The highest BCUT2D eigenvalue weighted by atomic mass is 79.9. The minimum absolute atomic E-state index is 0.0752. The first-order chi connectivity index (χ1) is 8.69. The lowest BCUT2D eigenvalue weighted by Gasteiger charge is -2.12. The first-order valence-corrected chi connectivity index (χ1v) is 6.47. The topological polar surface area (TPSA) is 48.1 Å². The Morgan fingerprint density at radius 3 is 2.67 bits per heavy atom. The Balaban J connectivity index is 2.11. The molecular weight excluding hydrogens is 292 g/mol. The third kappa shape index (κ3) is 3.31. The Kier molecular flexibility index (Phi) is 4.33. The molecule has 0 radical (unpaired) electrons. The van der Waals surface area contributed by atoms with Crippen molar-refractivity contribution in [2.45, 2.75) is 12.5 Å². The summed E-state index contributed by atoms with van der Waals surface area (Å²) in [4.78, 5) is 4.12. The van der Waals surface area contributed by atoms with Crippen molar-refractivity contribution in [3.05, 3.63) is 58.3 Å². The number of ether oxygens (including phenoxy) is 1. The highest BCUT2D eigenvalue weighted by Crippen LogP contribution is 2.20. The molecule has 0 aliphatic carbocycles. The smallest absolute Gasteiger partial charge is 0.137 e. The highest BCUT2D eigenvalue weighted by Gasteiger charge is 2.08. The third-order valence-electron chi connectivity index (χ3n) is 2.77. The lowest BCUT2D eigenvalue weighted by atomic mass is 10.0. The van der Waals surface area contributed by atoms with E-state index in [0.29, 0.717) is 0 Å². The summed E-state index contributed by atoms with van der Waals surface area (Å²) in [6.07, 6.45) is 4.24. The van der Waals surface area contributed by atoms with Crippen LogP contribution in [0.3, 0.4) is 0 Å². The summed E-state index contributed by atoms with van der Waals surface area (Å²) in [7, 11) is 1.63. The van der Waals surface area contributed by atoms with Crippen LogP contribution in [0.2, 0.25) is 0 Å². The summed E-state index contributed by atoms with van der Waals surface area (Å²) < 4.78 is 6.22. The fourth-order valence-corrected chi connectivity index (χ4v) is 2.01. The zero-order chi connectivity index (χ0) is 13.0. The molecular formula is C14H15BrN2O. The molecule has 0 saturated carbocycles. The number of halogens is 1. The first-order valence-electron chi connectivity index (χ1n) is 5.68. The quantitative estimate of drug-likeness (QED) is 0.944. The molecule has 1 aromatic carbocycles. The minimum Gasteiger partial charge on any atom is -0.495 e. The Bertz CT molecular complexity index is 513. The van der Waals surface area contributed by atoms with Crippen LogP contribution < -0.4 is 10.5 Å². The van der Waals surface area contributed by atoms with Gasteiger partial charge >= 0.3 is 0 Å². The van der Waals surface area contributed by atoms with Crippen molar-refractivity contribution in [3.8, 4) is 5.75 Å². The van der Waals surface area contributed by atoms with Crippen LogP contribution >= 0.6 is 15.9 Å². The molecule has 1 heterocycles. The van der Waals surface area contributed by atoms with Gasteiger partial charge in [0, 0.05) is 16.7 Å². The second-order valence-electron chi connectivity index (χ2n) is 4.10. The molecule has 0 amide bonds. The molecule has 0 spiro atoms. The molecule has 2 rings (SSSR count). The van der Waals surface area contributed by atoms with E-state index in [0.717, 1.165) is 22.2 Å². The van der Waals surface area contributed by atoms with E-state index in [9.17, 15) is 0 Å². The average Bonchev–Trinajstić information content (AvgIpc) is 2.41. The van der Waals surface area contributed by atoms with Gasteiger partial charge in [0.05, 0.1) is 13.3 Å². The molecule has 94 valence electrons. The van der Waals surface area contributed by atoms with Gasteiger partial charge in [-0.1, -0.05) is 28.1 Å². The van der Waals surface area contributed by atoms with Crippen molar-refractivity contribution in [3.63, 3.8) is 0 Å². The zero-order valence-electron chi connectivity index (χ0n) is 10.1. The third-order valence-corrected chi connectivity index (χ3v) is 3.30. The number of nitrogens with two attached hydrogens (primary N) is 1. The summed E-state index contributed by atoms with van der Waals surface area (Å²) in [5.41, 5.74) is 8.37. The SMILES string of the molecule is COc1cncc(C(N)Cc2ccc(Br)cc2)c1. The molecule has 0 saturated heterocycles. The van der Waals surface area contributed by atoms with Crippen LogP contribution in [0.15, 0.2) is 47.2 Å². The number of nitrogens with zero attached hydrogens (tertiary/aromatic N) is 1. The minimum atomic E-state index is -0.0752. The molecule has 2 N–H and O–H groups in total. The summed E-state index contributed by atoms with van der Waals surface area (Å²) in [5, 5.41) is 0. The lowest BCUT2D eigenvalue weighted by molar-refractivity contribution is 0.411. The van der Waals surface area contributed by atoms with Crippen molar-refractivity contribution >= 4 is 15.9 Å². The van der Waals surface area contributed by atoms with Crippen LogP contribution in [0, 0.1) is 0 Å². The molecule has 3 nitrogen and oxygen atoms in total. The van der Waals surface area contributed by atoms with Gasteiger partial charge in [-0.25, -0.2) is 0 Å². The summed E-state index contributed by atoms with van der Waals surface area (Å²) >= 11 is 3.42. The van der Waals surface area contributed by atoms with E-state index in [1.165, 1.54) is 5.56 Å². The van der Waals surface area contributed by atoms with Crippen LogP contribution in [0.25, 0.3) is 0 Å². The van der Waals surface area contributed by atoms with Crippen LogP contribution in [-0.4, -0.2) is 12.1 Å². The zero-order valence-corrected chi connectivity index (χ0v) is 11.7. The average molecular weight is 307 g/mol. The number of benzene rings is 1. The number of methoxy groups -OCH3 is 1. The van der Waals surface area contributed by atoms with Crippen LogP contribution in [0.4, 0.5) is 0 Å². The fourth-order valence-electron chi connectivity index (χ4n) is 1.74. The summed E-state index contributed by atoms with van der Waals surface area (Å²) in [6, 6.07) is 10.0. The number of aromatic nitrogens is 1. The Morgan fingerprint density at radius 1 is 1.28 bits per heavy atom. The molecule has 18 heavy (non-hydrogen) atoms. The highest BCUT2D eigenvalue weighted by molar-refractivity contribution is 9.10. The van der Waals surface area contributed by atoms with Crippen molar-refractivity contribution < 1.29 is 4.74 Å². The van der Waals surface area contributed by atoms with E-state index >= 15 is 0 Å². The number of hydrogen-bond donors (Lipinski definition) is 1. The number of rotatable bonds is 4. The molecule has 0 fully saturated rings. The van der Waals surface area contributed by atoms with Gasteiger partial charge in [0.1, 0.15) is 5.75 Å².